The van der Waals surface area contributed by atoms with Gasteiger partial charge in [-0.1, -0.05) is 0 Å². The molecule has 1 unspecified atom stereocenters. The highest BCUT2D eigenvalue weighted by Gasteiger charge is 2.11. The summed E-state index contributed by atoms with van der Waals surface area (Å²) < 4.78 is 0. The number of carbonyl (C=O) groups is 2. The van der Waals surface area contributed by atoms with E-state index in [0.29, 0.717) is 19.4 Å². The fourth-order valence-electron chi connectivity index (χ4n) is 0.805. The molecule has 0 aliphatic carbocycles. The first-order valence-electron chi connectivity index (χ1n) is 4.39. The van der Waals surface area contributed by atoms with Crippen LogP contribution in [0.3, 0.4) is 0 Å². The largest absolute Gasteiger partial charge is 0.480 e. The van der Waals surface area contributed by atoms with Crippen LogP contribution in [-0.2, 0) is 9.59 Å². The van der Waals surface area contributed by atoms with Crippen molar-refractivity contribution in [3.8, 4) is 0 Å². The SMILES string of the molecule is CC(O)C(=O)NCCC[C@H](N)C(=O)O. The maximum absolute atomic E-state index is 10.8. The molecule has 0 saturated heterocycles. The van der Waals surface area contributed by atoms with Crippen LogP contribution < -0.4 is 11.1 Å². The van der Waals surface area contributed by atoms with Crippen LogP contribution in [0, 0.1) is 0 Å². The minimum absolute atomic E-state index is 0.301. The number of nitrogens with one attached hydrogen (secondary N) is 1. The molecule has 0 spiro atoms. The molecule has 0 radical (unpaired) electrons. The summed E-state index contributed by atoms with van der Waals surface area (Å²) in [6.07, 6.45) is -0.260. The number of carboxylic acids is 1. The van der Waals surface area contributed by atoms with E-state index in [4.69, 9.17) is 15.9 Å². The molecule has 6 heteroatoms. The fraction of sp³-hybridized carbons (Fsp3) is 0.750. The summed E-state index contributed by atoms with van der Waals surface area (Å²) in [5.41, 5.74) is 5.23. The molecule has 2 atom stereocenters. The number of carboxylic acid groups (broad SMARTS) is 1. The van der Waals surface area contributed by atoms with Crippen molar-refractivity contribution in [1.82, 2.24) is 5.32 Å². The van der Waals surface area contributed by atoms with Gasteiger partial charge in [-0.05, 0) is 19.8 Å². The van der Waals surface area contributed by atoms with Crippen molar-refractivity contribution in [2.24, 2.45) is 5.73 Å². The van der Waals surface area contributed by atoms with Gasteiger partial charge >= 0.3 is 5.97 Å². The number of aliphatic hydroxyl groups excluding tert-OH is 1. The van der Waals surface area contributed by atoms with Gasteiger partial charge in [0.1, 0.15) is 12.1 Å². The molecule has 1 amide bonds. The Bertz CT molecular complexity index is 206. The molecule has 6 nitrogen and oxygen atoms in total. The first-order chi connectivity index (χ1) is 6.45. The van der Waals surface area contributed by atoms with Crippen molar-refractivity contribution in [2.45, 2.75) is 31.9 Å². The summed E-state index contributed by atoms with van der Waals surface area (Å²) in [4.78, 5) is 21.1. The Hall–Kier alpha value is -1.14. The smallest absolute Gasteiger partial charge is 0.320 e. The van der Waals surface area contributed by atoms with Gasteiger partial charge in [0.2, 0.25) is 5.91 Å². The van der Waals surface area contributed by atoms with Gasteiger partial charge < -0.3 is 21.3 Å². The molecule has 0 bridgehead atoms. The molecule has 0 heterocycles. The second-order valence-corrected chi connectivity index (χ2v) is 3.05. The van der Waals surface area contributed by atoms with Crippen molar-refractivity contribution in [2.75, 3.05) is 6.54 Å². The Morgan fingerprint density at radius 3 is 2.50 bits per heavy atom. The third-order valence-electron chi connectivity index (χ3n) is 1.69. The molecule has 82 valence electrons. The molecule has 0 saturated carbocycles. The standard InChI is InChI=1S/C8H16N2O4/c1-5(11)7(12)10-4-2-3-6(9)8(13)14/h5-6,11H,2-4,9H2,1H3,(H,10,12)(H,13,14)/t5?,6-/m0/s1. The lowest BCUT2D eigenvalue weighted by atomic mass is 10.2. The van der Waals surface area contributed by atoms with Gasteiger partial charge in [-0.25, -0.2) is 0 Å². The Labute approximate surface area is 82.1 Å². The Kier molecular flexibility index (Phi) is 5.82. The van der Waals surface area contributed by atoms with E-state index in [1.807, 2.05) is 0 Å². The molecule has 5 N–H and O–H groups in total. The minimum atomic E-state index is -1.05. The average molecular weight is 204 g/mol. The van der Waals surface area contributed by atoms with Crippen LogP contribution in [0.1, 0.15) is 19.8 Å². The highest BCUT2D eigenvalue weighted by atomic mass is 16.4. The van der Waals surface area contributed by atoms with E-state index in [1.54, 1.807) is 0 Å². The summed E-state index contributed by atoms with van der Waals surface area (Å²) in [6.45, 7) is 1.68. The monoisotopic (exact) mass is 204 g/mol. The summed E-state index contributed by atoms with van der Waals surface area (Å²) >= 11 is 0. The third-order valence-corrected chi connectivity index (χ3v) is 1.69. The highest BCUT2D eigenvalue weighted by molar-refractivity contribution is 5.79. The van der Waals surface area contributed by atoms with E-state index < -0.39 is 24.0 Å². The van der Waals surface area contributed by atoms with Gasteiger partial charge in [-0.15, -0.1) is 0 Å². The molecule has 14 heavy (non-hydrogen) atoms. The van der Waals surface area contributed by atoms with Crippen molar-refractivity contribution in [3.63, 3.8) is 0 Å². The summed E-state index contributed by atoms with van der Waals surface area (Å²) in [5.74, 6) is -1.51. The maximum Gasteiger partial charge on any atom is 0.320 e. The molecule has 0 aromatic rings. The maximum atomic E-state index is 10.8. The first kappa shape index (κ1) is 12.9. The zero-order chi connectivity index (χ0) is 11.1. The number of aliphatic carboxylic acids is 1. The summed E-state index contributed by atoms with van der Waals surface area (Å²) in [5, 5.41) is 19.7. The summed E-state index contributed by atoms with van der Waals surface area (Å²) in [6, 6.07) is -0.890. The van der Waals surface area contributed by atoms with Gasteiger partial charge in [0.05, 0.1) is 0 Å². The van der Waals surface area contributed by atoms with E-state index in [0.717, 1.165) is 0 Å². The predicted molar refractivity (Wildman–Crippen MR) is 49.5 cm³/mol. The fourth-order valence-corrected chi connectivity index (χ4v) is 0.805. The van der Waals surface area contributed by atoms with Crippen molar-refractivity contribution in [1.29, 1.82) is 0 Å². The number of hydrogen-bond donors (Lipinski definition) is 4. The lowest BCUT2D eigenvalue weighted by molar-refractivity contribution is -0.138. The lowest BCUT2D eigenvalue weighted by Gasteiger charge is -2.08. The third kappa shape index (κ3) is 5.50. The van der Waals surface area contributed by atoms with Crippen molar-refractivity contribution >= 4 is 11.9 Å². The molecule has 0 aliphatic rings. The zero-order valence-corrected chi connectivity index (χ0v) is 8.06. The van der Waals surface area contributed by atoms with Crippen LogP contribution >= 0.6 is 0 Å². The van der Waals surface area contributed by atoms with E-state index >= 15 is 0 Å². The van der Waals surface area contributed by atoms with Gasteiger partial charge in [-0.2, -0.15) is 0 Å². The average Bonchev–Trinajstić information content (AvgIpc) is 2.11. The molecular weight excluding hydrogens is 188 g/mol. The predicted octanol–water partition coefficient (Wildman–Crippen LogP) is -1.32. The van der Waals surface area contributed by atoms with Gasteiger partial charge in [-0.3, -0.25) is 9.59 Å². The second-order valence-electron chi connectivity index (χ2n) is 3.05. The van der Waals surface area contributed by atoms with Crippen LogP contribution in [-0.4, -0.2) is 40.8 Å². The highest BCUT2D eigenvalue weighted by Crippen LogP contribution is 1.93. The number of nitrogens with two attached hydrogens (primary N) is 1. The minimum Gasteiger partial charge on any atom is -0.480 e. The van der Waals surface area contributed by atoms with Gasteiger partial charge in [0.25, 0.3) is 0 Å². The van der Waals surface area contributed by atoms with E-state index in [2.05, 4.69) is 5.32 Å². The molecule has 0 aliphatic heterocycles. The van der Waals surface area contributed by atoms with Crippen LogP contribution in [0.25, 0.3) is 0 Å². The molecule has 0 aromatic heterocycles. The van der Waals surface area contributed by atoms with Crippen molar-refractivity contribution in [3.05, 3.63) is 0 Å². The Morgan fingerprint density at radius 2 is 2.07 bits per heavy atom. The van der Waals surface area contributed by atoms with Crippen LogP contribution in [0.5, 0.6) is 0 Å². The van der Waals surface area contributed by atoms with E-state index in [-0.39, 0.29) is 0 Å². The number of amides is 1. The molecule has 0 aromatic carbocycles. The zero-order valence-electron chi connectivity index (χ0n) is 8.06. The van der Waals surface area contributed by atoms with E-state index in [1.165, 1.54) is 6.92 Å². The number of aliphatic hydroxyl groups is 1. The number of carbonyl (C=O) groups excluding carboxylic acids is 1. The van der Waals surface area contributed by atoms with Gasteiger partial charge in [0.15, 0.2) is 0 Å². The molecule has 0 rings (SSSR count). The Balaban J connectivity index is 3.47. The number of rotatable bonds is 6. The van der Waals surface area contributed by atoms with E-state index in [9.17, 15) is 9.59 Å². The first-order valence-corrected chi connectivity index (χ1v) is 4.39. The number of hydrogen-bond acceptors (Lipinski definition) is 4. The van der Waals surface area contributed by atoms with Crippen molar-refractivity contribution < 1.29 is 19.8 Å². The lowest BCUT2D eigenvalue weighted by Crippen LogP contribution is -2.35. The van der Waals surface area contributed by atoms with Crippen LogP contribution in [0.4, 0.5) is 0 Å². The van der Waals surface area contributed by atoms with Crippen LogP contribution in [0.15, 0.2) is 0 Å². The topological polar surface area (TPSA) is 113 Å². The summed E-state index contributed by atoms with van der Waals surface area (Å²) in [7, 11) is 0. The van der Waals surface area contributed by atoms with Crippen LogP contribution in [0.2, 0.25) is 0 Å². The second kappa shape index (κ2) is 6.33. The quantitative estimate of drug-likeness (QED) is 0.401. The molecular formula is C8H16N2O4. The van der Waals surface area contributed by atoms with Gasteiger partial charge in [0, 0.05) is 6.54 Å². The molecule has 0 fully saturated rings. The Morgan fingerprint density at radius 1 is 1.50 bits per heavy atom. The normalized spacial score (nSPS) is 14.5.